The van der Waals surface area contributed by atoms with Gasteiger partial charge in [0.25, 0.3) is 11.6 Å². The Bertz CT molecular complexity index is 558. The molecule has 1 aromatic carbocycles. The highest BCUT2D eigenvalue weighted by Crippen LogP contribution is 2.19. The number of nitrogens with zero attached hydrogens (tertiary/aromatic N) is 2. The van der Waals surface area contributed by atoms with Crippen LogP contribution in [-0.4, -0.2) is 41.3 Å². The van der Waals surface area contributed by atoms with Crippen molar-refractivity contribution in [2.45, 2.75) is 13.8 Å². The Morgan fingerprint density at radius 2 is 1.95 bits per heavy atom. The fourth-order valence-electron chi connectivity index (χ4n) is 1.74. The number of benzene rings is 1. The number of likely N-dealkylation sites (N-methyl/N-ethyl adjacent to an activating group) is 1. The van der Waals surface area contributed by atoms with Crippen LogP contribution in [0.15, 0.2) is 18.2 Å². The molecule has 21 heavy (non-hydrogen) atoms. The van der Waals surface area contributed by atoms with E-state index in [9.17, 15) is 19.7 Å². The van der Waals surface area contributed by atoms with E-state index < -0.39 is 10.8 Å². The molecule has 0 fully saturated rings. The molecule has 114 valence electrons. The van der Waals surface area contributed by atoms with Crippen LogP contribution in [0.3, 0.4) is 0 Å². The van der Waals surface area contributed by atoms with Crippen molar-refractivity contribution in [2.24, 2.45) is 0 Å². The van der Waals surface area contributed by atoms with Gasteiger partial charge in [-0.3, -0.25) is 19.7 Å². The summed E-state index contributed by atoms with van der Waals surface area (Å²) in [7, 11) is 0. The second-order valence-electron chi connectivity index (χ2n) is 4.17. The predicted octanol–water partition coefficient (Wildman–Crippen LogP) is 1.80. The van der Waals surface area contributed by atoms with E-state index >= 15 is 0 Å². The number of hydrogen-bond donors (Lipinski definition) is 1. The Hall–Kier alpha value is -1.71. The van der Waals surface area contributed by atoms with Crippen molar-refractivity contribution < 1.29 is 14.5 Å². The summed E-state index contributed by atoms with van der Waals surface area (Å²) in [5, 5.41) is 13.2. The quantitative estimate of drug-likeness (QED) is 0.444. The molecule has 2 amide bonds. The number of nitrogens with one attached hydrogen (secondary N) is 1. The Morgan fingerprint density at radius 3 is 2.48 bits per heavy atom. The normalized spacial score (nSPS) is 10.0. The van der Waals surface area contributed by atoms with Gasteiger partial charge in [0.1, 0.15) is 0 Å². The van der Waals surface area contributed by atoms with Crippen LogP contribution in [0, 0.1) is 13.7 Å². The highest BCUT2D eigenvalue weighted by molar-refractivity contribution is 14.1. The van der Waals surface area contributed by atoms with Crippen LogP contribution in [-0.2, 0) is 4.79 Å². The lowest BCUT2D eigenvalue weighted by molar-refractivity contribution is -0.384. The zero-order chi connectivity index (χ0) is 16.0. The fraction of sp³-hybridized carbons (Fsp3) is 0.385. The van der Waals surface area contributed by atoms with E-state index in [1.54, 1.807) is 4.90 Å². The SMILES string of the molecule is CCN(CC)C(=O)CNC(=O)c1cc([N+](=O)[O-])ccc1I. The van der Waals surface area contributed by atoms with Gasteiger partial charge in [-0.25, -0.2) is 0 Å². The zero-order valence-corrected chi connectivity index (χ0v) is 13.9. The topological polar surface area (TPSA) is 92.6 Å². The van der Waals surface area contributed by atoms with Crippen LogP contribution in [0.1, 0.15) is 24.2 Å². The average molecular weight is 405 g/mol. The molecule has 0 bridgehead atoms. The molecule has 7 nitrogen and oxygen atoms in total. The number of amides is 2. The van der Waals surface area contributed by atoms with Gasteiger partial charge in [-0.2, -0.15) is 0 Å². The highest BCUT2D eigenvalue weighted by atomic mass is 127. The second kappa shape index (κ2) is 7.91. The molecule has 0 aliphatic rings. The Labute approximate surface area is 136 Å². The fourth-order valence-corrected chi connectivity index (χ4v) is 2.32. The lowest BCUT2D eigenvalue weighted by Crippen LogP contribution is -2.40. The summed E-state index contributed by atoms with van der Waals surface area (Å²) in [4.78, 5) is 35.6. The predicted molar refractivity (Wildman–Crippen MR) is 86.1 cm³/mol. The number of nitro groups is 1. The molecule has 0 saturated heterocycles. The van der Waals surface area contributed by atoms with Crippen LogP contribution in [0.4, 0.5) is 5.69 Å². The van der Waals surface area contributed by atoms with E-state index in [0.29, 0.717) is 16.7 Å². The zero-order valence-electron chi connectivity index (χ0n) is 11.8. The number of hydrogen-bond acceptors (Lipinski definition) is 4. The van der Waals surface area contributed by atoms with Gasteiger partial charge in [0, 0.05) is 28.8 Å². The summed E-state index contributed by atoms with van der Waals surface area (Å²) < 4.78 is 0.589. The monoisotopic (exact) mass is 405 g/mol. The molecular formula is C13H16IN3O4. The number of nitro benzene ring substituents is 1. The molecule has 0 radical (unpaired) electrons. The molecular weight excluding hydrogens is 389 g/mol. The van der Waals surface area contributed by atoms with E-state index in [4.69, 9.17) is 0 Å². The van der Waals surface area contributed by atoms with Gasteiger partial charge < -0.3 is 10.2 Å². The van der Waals surface area contributed by atoms with Crippen LogP contribution in [0.2, 0.25) is 0 Å². The summed E-state index contributed by atoms with van der Waals surface area (Å²) in [6, 6.07) is 4.04. The van der Waals surface area contributed by atoms with Gasteiger partial charge in [0.05, 0.1) is 17.0 Å². The molecule has 0 aliphatic carbocycles. The summed E-state index contributed by atoms with van der Waals surface area (Å²) in [5.41, 5.74) is 0.0350. The standard InChI is InChI=1S/C13H16IN3O4/c1-3-16(4-2)12(18)8-15-13(19)10-7-9(17(20)21)5-6-11(10)14/h5-7H,3-4,8H2,1-2H3,(H,15,19). The maximum Gasteiger partial charge on any atom is 0.270 e. The number of carbonyl (C=O) groups is 2. The van der Waals surface area contributed by atoms with E-state index in [-0.39, 0.29) is 23.7 Å². The third-order valence-corrected chi connectivity index (χ3v) is 3.86. The molecule has 0 heterocycles. The van der Waals surface area contributed by atoms with Gasteiger partial charge in [-0.05, 0) is 42.5 Å². The largest absolute Gasteiger partial charge is 0.343 e. The summed E-state index contributed by atoms with van der Waals surface area (Å²) >= 11 is 1.92. The Kier molecular flexibility index (Phi) is 6.53. The first-order chi connectivity index (χ1) is 9.90. The second-order valence-corrected chi connectivity index (χ2v) is 5.33. The van der Waals surface area contributed by atoms with Gasteiger partial charge >= 0.3 is 0 Å². The molecule has 0 spiro atoms. The van der Waals surface area contributed by atoms with Gasteiger partial charge in [-0.15, -0.1) is 0 Å². The van der Waals surface area contributed by atoms with Crippen molar-refractivity contribution in [3.63, 3.8) is 0 Å². The summed E-state index contributed by atoms with van der Waals surface area (Å²) in [5.74, 6) is -0.683. The van der Waals surface area contributed by atoms with Crippen molar-refractivity contribution >= 4 is 40.1 Å². The third-order valence-electron chi connectivity index (χ3n) is 2.92. The van der Waals surface area contributed by atoms with E-state index in [1.807, 2.05) is 36.4 Å². The number of rotatable bonds is 6. The van der Waals surface area contributed by atoms with E-state index in [1.165, 1.54) is 18.2 Å². The minimum absolute atomic E-state index is 0.126. The van der Waals surface area contributed by atoms with Crippen molar-refractivity contribution in [2.75, 3.05) is 19.6 Å². The van der Waals surface area contributed by atoms with Crippen molar-refractivity contribution in [3.8, 4) is 0 Å². The first-order valence-electron chi connectivity index (χ1n) is 6.40. The first kappa shape index (κ1) is 17.3. The molecule has 0 aliphatic heterocycles. The smallest absolute Gasteiger partial charge is 0.270 e. The first-order valence-corrected chi connectivity index (χ1v) is 7.48. The minimum Gasteiger partial charge on any atom is -0.343 e. The number of carbonyl (C=O) groups excluding carboxylic acids is 2. The molecule has 8 heteroatoms. The lowest BCUT2D eigenvalue weighted by Gasteiger charge is -2.18. The Morgan fingerprint density at radius 1 is 1.33 bits per heavy atom. The Balaban J connectivity index is 2.78. The van der Waals surface area contributed by atoms with E-state index in [0.717, 1.165) is 0 Å². The molecule has 1 N–H and O–H groups in total. The minimum atomic E-state index is -0.562. The molecule has 0 saturated carbocycles. The molecule has 1 rings (SSSR count). The van der Waals surface area contributed by atoms with Gasteiger partial charge in [-0.1, -0.05) is 0 Å². The van der Waals surface area contributed by atoms with Crippen LogP contribution < -0.4 is 5.32 Å². The molecule has 1 aromatic rings. The van der Waals surface area contributed by atoms with Crippen molar-refractivity contribution in [1.82, 2.24) is 10.2 Å². The van der Waals surface area contributed by atoms with Gasteiger partial charge in [0.2, 0.25) is 5.91 Å². The molecule has 0 atom stereocenters. The number of non-ortho nitro benzene ring substituents is 1. The summed E-state index contributed by atoms with van der Waals surface area (Å²) in [6.07, 6.45) is 0. The van der Waals surface area contributed by atoms with Gasteiger partial charge in [0.15, 0.2) is 0 Å². The maximum absolute atomic E-state index is 12.0. The van der Waals surface area contributed by atoms with E-state index in [2.05, 4.69) is 5.32 Å². The molecule has 0 unspecified atom stereocenters. The number of halogens is 1. The highest BCUT2D eigenvalue weighted by Gasteiger charge is 2.17. The third kappa shape index (κ3) is 4.66. The van der Waals surface area contributed by atoms with Crippen LogP contribution in [0.25, 0.3) is 0 Å². The maximum atomic E-state index is 12.0. The average Bonchev–Trinajstić information content (AvgIpc) is 2.46. The van der Waals surface area contributed by atoms with Crippen molar-refractivity contribution in [1.29, 1.82) is 0 Å². The lowest BCUT2D eigenvalue weighted by atomic mass is 10.2. The summed E-state index contributed by atoms with van der Waals surface area (Å²) in [6.45, 7) is 4.72. The van der Waals surface area contributed by atoms with Crippen LogP contribution in [0.5, 0.6) is 0 Å². The van der Waals surface area contributed by atoms with Crippen molar-refractivity contribution in [3.05, 3.63) is 37.4 Å². The molecule has 0 aromatic heterocycles. The van der Waals surface area contributed by atoms with Crippen LogP contribution >= 0.6 is 22.6 Å².